The predicted molar refractivity (Wildman–Crippen MR) is 76.7 cm³/mol. The number of aliphatic hydroxyl groups is 1. The Kier molecular flexibility index (Phi) is 5.36. The topological polar surface area (TPSA) is 123 Å². The molecule has 2 aliphatic heterocycles. The van der Waals surface area contributed by atoms with Crippen LogP contribution in [0.2, 0.25) is 0 Å². The first-order valence-corrected chi connectivity index (χ1v) is 8.42. The van der Waals surface area contributed by atoms with Gasteiger partial charge in [-0.3, -0.25) is 23.4 Å². The Morgan fingerprint density at radius 1 is 1.50 bits per heavy atom. The summed E-state index contributed by atoms with van der Waals surface area (Å²) in [6.45, 7) is 1.68. The summed E-state index contributed by atoms with van der Waals surface area (Å²) >= 11 is 0. The van der Waals surface area contributed by atoms with Crippen molar-refractivity contribution >= 4 is 7.60 Å². The van der Waals surface area contributed by atoms with E-state index in [0.717, 1.165) is 0 Å². The van der Waals surface area contributed by atoms with Crippen molar-refractivity contribution in [3.05, 3.63) is 33.1 Å². The molecule has 22 heavy (non-hydrogen) atoms. The van der Waals surface area contributed by atoms with Crippen LogP contribution in [0.4, 0.5) is 0 Å². The van der Waals surface area contributed by atoms with Gasteiger partial charge in [0.05, 0.1) is 12.7 Å². The zero-order valence-corrected chi connectivity index (χ0v) is 13.2. The molecule has 0 spiro atoms. The number of aromatic amines is 1. The average Bonchev–Trinajstić information content (AvgIpc) is 2.90. The minimum atomic E-state index is -2.49. The maximum absolute atomic E-state index is 11.4. The standard InChI is InChI=1S/C9H12N2O4.C3H7O3P/c12-5-6-1-2-8(15-6)11-4-3-7(13)10-9(11)14;1-3-6-7(3,4)5-2/h3-4,6,8,12H,1-2,5H2,(H,10,13,14);3H,1-2H3/t6?,8-;/m1./s1. The lowest BCUT2D eigenvalue weighted by atomic mass is 10.2. The Hall–Kier alpha value is -1.25. The van der Waals surface area contributed by atoms with Crippen LogP contribution in [-0.2, 0) is 18.3 Å². The van der Waals surface area contributed by atoms with Crippen molar-refractivity contribution in [1.82, 2.24) is 9.55 Å². The van der Waals surface area contributed by atoms with Crippen LogP contribution in [-0.4, -0.2) is 40.3 Å². The molecule has 0 amide bonds. The zero-order valence-electron chi connectivity index (χ0n) is 12.3. The van der Waals surface area contributed by atoms with Crippen LogP contribution in [0.3, 0.4) is 0 Å². The van der Waals surface area contributed by atoms with Gasteiger partial charge >= 0.3 is 13.3 Å². The van der Waals surface area contributed by atoms with Crippen molar-refractivity contribution in [2.45, 2.75) is 37.9 Å². The first kappa shape index (κ1) is 17.1. The fourth-order valence-electron chi connectivity index (χ4n) is 2.06. The monoisotopic (exact) mass is 334 g/mol. The second-order valence-corrected chi connectivity index (χ2v) is 7.30. The summed E-state index contributed by atoms with van der Waals surface area (Å²) in [5, 5.41) is 8.87. The van der Waals surface area contributed by atoms with Crippen LogP contribution >= 0.6 is 7.60 Å². The quantitative estimate of drug-likeness (QED) is 0.606. The van der Waals surface area contributed by atoms with Crippen molar-refractivity contribution in [3.63, 3.8) is 0 Å². The molecular formula is C12H19N2O7P. The summed E-state index contributed by atoms with van der Waals surface area (Å²) in [6, 6.07) is 1.27. The number of H-pyrrole nitrogens is 1. The second kappa shape index (κ2) is 6.89. The first-order valence-electron chi connectivity index (χ1n) is 6.81. The van der Waals surface area contributed by atoms with E-state index in [1.54, 1.807) is 6.92 Å². The Morgan fingerprint density at radius 3 is 2.59 bits per heavy atom. The average molecular weight is 334 g/mol. The van der Waals surface area contributed by atoms with Crippen LogP contribution in [0.1, 0.15) is 26.0 Å². The number of hydrogen-bond acceptors (Lipinski definition) is 7. The van der Waals surface area contributed by atoms with Gasteiger partial charge in [0.15, 0.2) is 5.85 Å². The van der Waals surface area contributed by atoms with Gasteiger partial charge in [0.25, 0.3) is 5.56 Å². The highest BCUT2D eigenvalue weighted by molar-refractivity contribution is 7.60. The lowest BCUT2D eigenvalue weighted by Gasteiger charge is -2.13. The molecule has 0 aliphatic carbocycles. The first-order chi connectivity index (χ1) is 10.4. The second-order valence-electron chi connectivity index (χ2n) is 4.92. The highest BCUT2D eigenvalue weighted by atomic mass is 31.2. The van der Waals surface area contributed by atoms with Crippen molar-refractivity contribution in [2.75, 3.05) is 13.7 Å². The molecule has 1 aromatic rings. The fourth-order valence-corrected chi connectivity index (χ4v) is 3.04. The summed E-state index contributed by atoms with van der Waals surface area (Å²) < 4.78 is 26.4. The molecule has 0 radical (unpaired) electrons. The maximum Gasteiger partial charge on any atom is 0.360 e. The molecule has 4 atom stereocenters. The van der Waals surface area contributed by atoms with Crippen molar-refractivity contribution in [1.29, 1.82) is 0 Å². The van der Waals surface area contributed by atoms with Crippen molar-refractivity contribution in [2.24, 2.45) is 0 Å². The number of hydrogen-bond donors (Lipinski definition) is 2. The van der Waals surface area contributed by atoms with Gasteiger partial charge < -0.3 is 14.4 Å². The minimum Gasteiger partial charge on any atom is -0.394 e. The SMILES string of the molecule is COP1(=O)OC1C.O=c1ccn([C@H]2CCC(CO)O2)c(=O)[nH]1. The van der Waals surface area contributed by atoms with Crippen LogP contribution in [0, 0.1) is 0 Å². The van der Waals surface area contributed by atoms with Gasteiger partial charge in [0, 0.05) is 19.4 Å². The number of ether oxygens (including phenoxy) is 1. The van der Waals surface area contributed by atoms with Gasteiger partial charge in [-0.25, -0.2) is 4.79 Å². The molecule has 2 saturated heterocycles. The van der Waals surface area contributed by atoms with Crippen LogP contribution in [0.25, 0.3) is 0 Å². The Morgan fingerprint density at radius 2 is 2.18 bits per heavy atom. The van der Waals surface area contributed by atoms with E-state index >= 15 is 0 Å². The highest BCUT2D eigenvalue weighted by Gasteiger charge is 2.50. The number of nitrogens with one attached hydrogen (secondary N) is 1. The molecule has 9 nitrogen and oxygen atoms in total. The van der Waals surface area contributed by atoms with E-state index < -0.39 is 18.8 Å². The Bertz CT molecular complexity index is 664. The van der Waals surface area contributed by atoms with Gasteiger partial charge in [0.2, 0.25) is 0 Å². The normalized spacial score (nSPS) is 33.1. The molecule has 3 unspecified atom stereocenters. The van der Waals surface area contributed by atoms with Gasteiger partial charge in [-0.15, -0.1) is 0 Å². The van der Waals surface area contributed by atoms with E-state index in [-0.39, 0.29) is 24.8 Å². The van der Waals surface area contributed by atoms with Crippen LogP contribution < -0.4 is 11.2 Å². The Labute approximate surface area is 126 Å². The molecule has 0 saturated carbocycles. The predicted octanol–water partition coefficient (Wildman–Crippen LogP) is 0.409. The molecule has 3 rings (SSSR count). The summed E-state index contributed by atoms with van der Waals surface area (Å²) in [7, 11) is -1.09. The third-order valence-electron chi connectivity index (χ3n) is 3.40. The third kappa shape index (κ3) is 3.93. The van der Waals surface area contributed by atoms with Crippen molar-refractivity contribution < 1.29 is 23.5 Å². The third-order valence-corrected chi connectivity index (χ3v) is 5.31. The molecule has 0 aromatic carbocycles. The van der Waals surface area contributed by atoms with Gasteiger partial charge in [-0.05, 0) is 19.8 Å². The molecular weight excluding hydrogens is 315 g/mol. The molecule has 10 heteroatoms. The van der Waals surface area contributed by atoms with E-state index in [2.05, 4.69) is 14.0 Å². The number of nitrogens with zero attached hydrogens (tertiary/aromatic N) is 1. The zero-order chi connectivity index (χ0) is 16.3. The van der Waals surface area contributed by atoms with Gasteiger partial charge in [0.1, 0.15) is 6.23 Å². The smallest absolute Gasteiger partial charge is 0.360 e. The highest BCUT2D eigenvalue weighted by Crippen LogP contribution is 2.69. The fraction of sp³-hybridized carbons (Fsp3) is 0.667. The van der Waals surface area contributed by atoms with E-state index in [9.17, 15) is 14.2 Å². The largest absolute Gasteiger partial charge is 0.394 e. The van der Waals surface area contributed by atoms with Gasteiger partial charge in [-0.1, -0.05) is 0 Å². The summed E-state index contributed by atoms with van der Waals surface area (Å²) in [5.74, 6) is -0.155. The molecule has 1 aromatic heterocycles. The molecule has 2 fully saturated rings. The van der Waals surface area contributed by atoms with Crippen molar-refractivity contribution in [3.8, 4) is 0 Å². The number of rotatable bonds is 3. The van der Waals surface area contributed by atoms with E-state index in [0.29, 0.717) is 12.8 Å². The van der Waals surface area contributed by atoms with Crippen LogP contribution in [0.15, 0.2) is 21.9 Å². The summed E-state index contributed by atoms with van der Waals surface area (Å²) in [5.41, 5.74) is -0.904. The minimum absolute atomic E-state index is 0.0470. The molecule has 2 N–H and O–H groups in total. The Balaban J connectivity index is 0.000000211. The molecule has 3 heterocycles. The molecule has 0 bridgehead atoms. The maximum atomic E-state index is 11.4. The van der Waals surface area contributed by atoms with E-state index in [4.69, 9.17) is 9.84 Å². The van der Waals surface area contributed by atoms with E-state index in [1.165, 1.54) is 23.9 Å². The van der Waals surface area contributed by atoms with Crippen LogP contribution in [0.5, 0.6) is 0 Å². The summed E-state index contributed by atoms with van der Waals surface area (Å²) in [6.07, 6.45) is 2.19. The lowest BCUT2D eigenvalue weighted by Crippen LogP contribution is -2.31. The number of aliphatic hydroxyl groups excluding tert-OH is 1. The molecule has 2 aliphatic rings. The van der Waals surface area contributed by atoms with E-state index in [1.807, 2.05) is 0 Å². The lowest BCUT2D eigenvalue weighted by molar-refractivity contribution is -0.0246. The molecule has 124 valence electrons. The summed E-state index contributed by atoms with van der Waals surface area (Å²) in [4.78, 5) is 24.4. The van der Waals surface area contributed by atoms with Gasteiger partial charge in [-0.2, -0.15) is 0 Å². The number of aromatic nitrogens is 2.